The average Bonchev–Trinajstić information content (AvgIpc) is 2.76. The van der Waals surface area contributed by atoms with Gasteiger partial charge in [0.05, 0.1) is 18.3 Å². The summed E-state index contributed by atoms with van der Waals surface area (Å²) < 4.78 is 16.4. The Labute approximate surface area is 78.3 Å². The van der Waals surface area contributed by atoms with Gasteiger partial charge in [0.2, 0.25) is 0 Å². The minimum Gasteiger partial charge on any atom is -0.369 e. The summed E-state index contributed by atoms with van der Waals surface area (Å²) in [4.78, 5) is 0. The van der Waals surface area contributed by atoms with Crippen LogP contribution in [-0.4, -0.2) is 31.7 Å². The van der Waals surface area contributed by atoms with Crippen molar-refractivity contribution in [2.75, 3.05) is 13.4 Å². The van der Waals surface area contributed by atoms with Gasteiger partial charge in [-0.15, -0.1) is 0 Å². The van der Waals surface area contributed by atoms with Gasteiger partial charge >= 0.3 is 0 Å². The van der Waals surface area contributed by atoms with Gasteiger partial charge in [0.25, 0.3) is 0 Å². The van der Waals surface area contributed by atoms with E-state index in [-0.39, 0.29) is 0 Å². The summed E-state index contributed by atoms with van der Waals surface area (Å²) in [5, 5.41) is 0. The van der Waals surface area contributed by atoms with Crippen molar-refractivity contribution in [1.82, 2.24) is 0 Å². The molecule has 3 heteroatoms. The highest BCUT2D eigenvalue weighted by molar-refractivity contribution is 5.11. The Balaban J connectivity index is 1.51. The largest absolute Gasteiger partial charge is 0.369 e. The van der Waals surface area contributed by atoms with Crippen LogP contribution in [0.5, 0.6) is 0 Å². The van der Waals surface area contributed by atoms with Crippen LogP contribution in [0.3, 0.4) is 0 Å². The molecule has 1 heterocycles. The molecule has 5 atom stereocenters. The van der Waals surface area contributed by atoms with Crippen LogP contribution in [-0.2, 0) is 14.2 Å². The molecule has 74 valence electrons. The van der Waals surface area contributed by atoms with Gasteiger partial charge in [-0.25, -0.2) is 0 Å². The molecule has 3 rings (SSSR count). The van der Waals surface area contributed by atoms with Crippen molar-refractivity contribution in [1.29, 1.82) is 0 Å². The Hall–Kier alpha value is -0.120. The molecule has 3 aliphatic rings. The Kier molecular flexibility index (Phi) is 1.86. The van der Waals surface area contributed by atoms with Crippen molar-refractivity contribution in [2.45, 2.75) is 38.1 Å². The van der Waals surface area contributed by atoms with E-state index in [1.54, 1.807) is 0 Å². The van der Waals surface area contributed by atoms with Crippen molar-refractivity contribution in [2.24, 2.45) is 11.8 Å². The van der Waals surface area contributed by atoms with Crippen LogP contribution in [0.25, 0.3) is 0 Å². The summed E-state index contributed by atoms with van der Waals surface area (Å²) >= 11 is 0. The lowest BCUT2D eigenvalue weighted by molar-refractivity contribution is -0.100. The van der Waals surface area contributed by atoms with Crippen LogP contribution >= 0.6 is 0 Å². The molecule has 3 fully saturated rings. The maximum absolute atomic E-state index is 5.67. The van der Waals surface area contributed by atoms with Gasteiger partial charge in [0.1, 0.15) is 6.79 Å². The number of hydrogen-bond donors (Lipinski definition) is 0. The summed E-state index contributed by atoms with van der Waals surface area (Å²) in [7, 11) is 0. The fourth-order valence-electron chi connectivity index (χ4n) is 2.96. The predicted molar refractivity (Wildman–Crippen MR) is 46.2 cm³/mol. The highest BCUT2D eigenvalue weighted by Gasteiger charge is 2.63. The summed E-state index contributed by atoms with van der Waals surface area (Å²) in [6, 6.07) is 0. The number of rotatable bonds is 4. The second-order valence-electron chi connectivity index (χ2n) is 4.28. The zero-order valence-electron chi connectivity index (χ0n) is 7.94. The molecule has 2 bridgehead atoms. The fourth-order valence-corrected chi connectivity index (χ4v) is 2.96. The van der Waals surface area contributed by atoms with E-state index in [4.69, 9.17) is 14.2 Å². The van der Waals surface area contributed by atoms with Crippen LogP contribution in [0.2, 0.25) is 0 Å². The first-order valence-corrected chi connectivity index (χ1v) is 5.25. The molecule has 2 saturated carbocycles. The van der Waals surface area contributed by atoms with Crippen LogP contribution in [0.15, 0.2) is 0 Å². The van der Waals surface area contributed by atoms with E-state index in [1.165, 1.54) is 12.8 Å². The molecule has 5 unspecified atom stereocenters. The van der Waals surface area contributed by atoms with Crippen molar-refractivity contribution in [3.05, 3.63) is 0 Å². The van der Waals surface area contributed by atoms with Gasteiger partial charge in [-0.1, -0.05) is 0 Å². The second kappa shape index (κ2) is 2.94. The van der Waals surface area contributed by atoms with Crippen molar-refractivity contribution >= 4 is 0 Å². The van der Waals surface area contributed by atoms with E-state index < -0.39 is 0 Å². The third-order valence-corrected chi connectivity index (χ3v) is 3.61. The zero-order valence-corrected chi connectivity index (χ0v) is 7.94. The normalized spacial score (nSPS) is 51.0. The monoisotopic (exact) mass is 184 g/mol. The molecule has 1 saturated heterocycles. The zero-order chi connectivity index (χ0) is 8.84. The molecule has 13 heavy (non-hydrogen) atoms. The lowest BCUT2D eigenvalue weighted by atomic mass is 9.98. The maximum atomic E-state index is 5.67. The highest BCUT2D eigenvalue weighted by Crippen LogP contribution is 2.56. The molecule has 3 nitrogen and oxygen atoms in total. The standard InChI is InChI=1S/C10H16O3/c1-2-11-5-12-8-4-6-3-7(8)10-9(6)13-10/h6-10H,2-5H2,1H3. The van der Waals surface area contributed by atoms with E-state index in [9.17, 15) is 0 Å². The fraction of sp³-hybridized carbons (Fsp3) is 1.00. The molecular weight excluding hydrogens is 168 g/mol. The van der Waals surface area contributed by atoms with Crippen LogP contribution < -0.4 is 0 Å². The number of hydrogen-bond acceptors (Lipinski definition) is 3. The molecule has 0 N–H and O–H groups in total. The number of fused-ring (bicyclic) bond motifs is 5. The topological polar surface area (TPSA) is 31.0 Å². The highest BCUT2D eigenvalue weighted by atomic mass is 16.7. The first kappa shape index (κ1) is 8.21. The molecule has 1 aliphatic heterocycles. The molecular formula is C10H16O3. The third kappa shape index (κ3) is 1.22. The van der Waals surface area contributed by atoms with E-state index in [0.717, 1.165) is 12.5 Å². The third-order valence-electron chi connectivity index (χ3n) is 3.61. The van der Waals surface area contributed by atoms with Crippen LogP contribution in [0, 0.1) is 11.8 Å². The van der Waals surface area contributed by atoms with E-state index in [2.05, 4.69) is 0 Å². The van der Waals surface area contributed by atoms with E-state index >= 15 is 0 Å². The second-order valence-corrected chi connectivity index (χ2v) is 4.28. The molecule has 0 aromatic rings. The molecule has 0 amide bonds. The van der Waals surface area contributed by atoms with Gasteiger partial charge in [-0.3, -0.25) is 0 Å². The molecule has 0 radical (unpaired) electrons. The van der Waals surface area contributed by atoms with Crippen molar-refractivity contribution in [3.8, 4) is 0 Å². The van der Waals surface area contributed by atoms with Gasteiger partial charge in [0, 0.05) is 12.5 Å². The minimum absolute atomic E-state index is 0.417. The minimum atomic E-state index is 0.417. The maximum Gasteiger partial charge on any atom is 0.147 e. The first-order valence-electron chi connectivity index (χ1n) is 5.25. The van der Waals surface area contributed by atoms with Gasteiger partial charge in [-0.05, 0) is 25.7 Å². The van der Waals surface area contributed by atoms with Crippen molar-refractivity contribution < 1.29 is 14.2 Å². The van der Waals surface area contributed by atoms with Gasteiger partial charge < -0.3 is 14.2 Å². The quantitative estimate of drug-likeness (QED) is 0.373. The average molecular weight is 184 g/mol. The number of ether oxygens (including phenoxy) is 3. The van der Waals surface area contributed by atoms with E-state index in [1.807, 2.05) is 6.92 Å². The predicted octanol–water partition coefficient (Wildman–Crippen LogP) is 1.17. The lowest BCUT2D eigenvalue weighted by Crippen LogP contribution is -2.26. The van der Waals surface area contributed by atoms with Gasteiger partial charge in [-0.2, -0.15) is 0 Å². The summed E-state index contributed by atoms with van der Waals surface area (Å²) in [5.41, 5.74) is 0. The smallest absolute Gasteiger partial charge is 0.147 e. The van der Waals surface area contributed by atoms with Gasteiger partial charge in [0.15, 0.2) is 0 Å². The Morgan fingerprint density at radius 1 is 1.31 bits per heavy atom. The molecule has 2 aliphatic carbocycles. The summed E-state index contributed by atoms with van der Waals surface area (Å²) in [6.07, 6.45) is 4.09. The molecule has 0 aromatic heterocycles. The van der Waals surface area contributed by atoms with Crippen molar-refractivity contribution in [3.63, 3.8) is 0 Å². The molecule has 0 aromatic carbocycles. The molecule has 0 spiro atoms. The SMILES string of the molecule is CCOCOC1CC2CC1C1OC21. The first-order chi connectivity index (χ1) is 6.40. The summed E-state index contributed by atoms with van der Waals surface area (Å²) in [6.45, 7) is 3.19. The van der Waals surface area contributed by atoms with E-state index in [0.29, 0.717) is 31.0 Å². The Morgan fingerprint density at radius 2 is 2.23 bits per heavy atom. The Morgan fingerprint density at radius 3 is 2.92 bits per heavy atom. The summed E-state index contributed by atoms with van der Waals surface area (Å²) in [5.74, 6) is 1.47. The number of epoxide rings is 1. The Bertz CT molecular complexity index is 206. The van der Waals surface area contributed by atoms with Crippen LogP contribution in [0.4, 0.5) is 0 Å². The van der Waals surface area contributed by atoms with Crippen LogP contribution in [0.1, 0.15) is 19.8 Å². The lowest BCUT2D eigenvalue weighted by Gasteiger charge is -2.19.